The highest BCUT2D eigenvalue weighted by Gasteiger charge is 2.23. The highest BCUT2D eigenvalue weighted by Crippen LogP contribution is 2.11. The fourth-order valence-corrected chi connectivity index (χ4v) is 2.16. The normalized spacial score (nSPS) is 22.8. The standard InChI is InChI=1S/C9H12N2O2S/c12-7-1-3-11(5-7)6-8(13)9-10-2-4-14-9/h2,4,7,12H,1,3,5-6H2/t7-/m0/s1. The number of likely N-dealkylation sites (tertiary alicyclic amines) is 1. The van der Waals surface area contributed by atoms with Crippen LogP contribution in [0.2, 0.25) is 0 Å². The molecule has 4 nitrogen and oxygen atoms in total. The molecule has 2 rings (SSSR count). The van der Waals surface area contributed by atoms with Crippen molar-refractivity contribution in [2.24, 2.45) is 0 Å². The Hall–Kier alpha value is -0.780. The minimum atomic E-state index is -0.265. The van der Waals surface area contributed by atoms with Crippen molar-refractivity contribution in [1.82, 2.24) is 9.88 Å². The fraction of sp³-hybridized carbons (Fsp3) is 0.556. The molecule has 1 fully saturated rings. The molecule has 1 aromatic heterocycles. The molecular weight excluding hydrogens is 200 g/mol. The Labute approximate surface area is 86.2 Å². The molecule has 2 heterocycles. The topological polar surface area (TPSA) is 53.4 Å². The summed E-state index contributed by atoms with van der Waals surface area (Å²) >= 11 is 1.37. The number of aliphatic hydroxyl groups excluding tert-OH is 1. The quantitative estimate of drug-likeness (QED) is 0.736. The van der Waals surface area contributed by atoms with Crippen molar-refractivity contribution in [1.29, 1.82) is 0 Å². The van der Waals surface area contributed by atoms with E-state index in [0.717, 1.165) is 13.0 Å². The van der Waals surface area contributed by atoms with Crippen molar-refractivity contribution in [2.45, 2.75) is 12.5 Å². The van der Waals surface area contributed by atoms with E-state index >= 15 is 0 Å². The van der Waals surface area contributed by atoms with Gasteiger partial charge in [-0.1, -0.05) is 0 Å². The molecule has 1 saturated heterocycles. The highest BCUT2D eigenvalue weighted by molar-refractivity contribution is 7.11. The number of thiazole rings is 1. The number of ketones is 1. The van der Waals surface area contributed by atoms with E-state index < -0.39 is 0 Å². The zero-order chi connectivity index (χ0) is 9.97. The fourth-order valence-electron chi connectivity index (χ4n) is 1.59. The molecule has 1 aliphatic heterocycles. The molecule has 14 heavy (non-hydrogen) atoms. The summed E-state index contributed by atoms with van der Waals surface area (Å²) < 4.78 is 0. The Balaban J connectivity index is 1.89. The van der Waals surface area contributed by atoms with Gasteiger partial charge in [0.15, 0.2) is 5.01 Å². The molecule has 0 saturated carbocycles. The van der Waals surface area contributed by atoms with E-state index in [0.29, 0.717) is 18.1 Å². The third kappa shape index (κ3) is 2.17. The number of aromatic nitrogens is 1. The van der Waals surface area contributed by atoms with Gasteiger partial charge >= 0.3 is 0 Å². The molecule has 1 N–H and O–H groups in total. The molecule has 0 aliphatic carbocycles. The monoisotopic (exact) mass is 212 g/mol. The molecule has 0 amide bonds. The van der Waals surface area contributed by atoms with Crippen LogP contribution in [0.1, 0.15) is 16.2 Å². The summed E-state index contributed by atoms with van der Waals surface area (Å²) in [7, 11) is 0. The van der Waals surface area contributed by atoms with E-state index in [1.165, 1.54) is 11.3 Å². The van der Waals surface area contributed by atoms with Gasteiger partial charge in [0.1, 0.15) is 0 Å². The molecular formula is C9H12N2O2S. The van der Waals surface area contributed by atoms with E-state index in [1.807, 2.05) is 4.90 Å². The summed E-state index contributed by atoms with van der Waals surface area (Å²) in [5, 5.41) is 11.6. The Morgan fingerprint density at radius 2 is 2.64 bits per heavy atom. The molecule has 5 heteroatoms. The van der Waals surface area contributed by atoms with Gasteiger partial charge in [-0.25, -0.2) is 4.98 Å². The van der Waals surface area contributed by atoms with Crippen LogP contribution < -0.4 is 0 Å². The summed E-state index contributed by atoms with van der Waals surface area (Å²) in [6.45, 7) is 1.79. The van der Waals surface area contributed by atoms with Gasteiger partial charge in [0, 0.05) is 24.7 Å². The van der Waals surface area contributed by atoms with Crippen LogP contribution in [-0.4, -0.2) is 46.5 Å². The Morgan fingerprint density at radius 1 is 1.79 bits per heavy atom. The number of aliphatic hydroxyl groups is 1. The Bertz CT molecular complexity index is 313. The lowest BCUT2D eigenvalue weighted by Crippen LogP contribution is -2.28. The summed E-state index contributed by atoms with van der Waals surface area (Å²) in [4.78, 5) is 17.5. The van der Waals surface area contributed by atoms with Crippen molar-refractivity contribution in [3.63, 3.8) is 0 Å². The average Bonchev–Trinajstić information content (AvgIpc) is 2.75. The van der Waals surface area contributed by atoms with Gasteiger partial charge in [0.05, 0.1) is 12.6 Å². The number of carbonyl (C=O) groups excluding carboxylic acids is 1. The first-order valence-corrected chi connectivity index (χ1v) is 5.47. The first-order valence-electron chi connectivity index (χ1n) is 4.59. The van der Waals surface area contributed by atoms with Crippen molar-refractivity contribution < 1.29 is 9.90 Å². The Morgan fingerprint density at radius 3 is 3.21 bits per heavy atom. The molecule has 1 atom stereocenters. The van der Waals surface area contributed by atoms with E-state index in [1.54, 1.807) is 11.6 Å². The molecule has 0 radical (unpaired) electrons. The summed E-state index contributed by atoms with van der Waals surface area (Å²) in [6.07, 6.45) is 2.14. The Kier molecular flexibility index (Phi) is 2.90. The second-order valence-corrected chi connectivity index (χ2v) is 4.33. The molecule has 0 bridgehead atoms. The number of rotatable bonds is 3. The number of hydrogen-bond donors (Lipinski definition) is 1. The average molecular weight is 212 g/mol. The van der Waals surface area contributed by atoms with Crippen LogP contribution in [0.5, 0.6) is 0 Å². The maximum atomic E-state index is 11.6. The first-order chi connectivity index (χ1) is 6.75. The van der Waals surface area contributed by atoms with Crippen LogP contribution in [0.15, 0.2) is 11.6 Å². The summed E-state index contributed by atoms with van der Waals surface area (Å²) in [6, 6.07) is 0. The third-order valence-corrected chi connectivity index (χ3v) is 3.10. The second-order valence-electron chi connectivity index (χ2n) is 3.44. The minimum Gasteiger partial charge on any atom is -0.392 e. The third-order valence-electron chi connectivity index (χ3n) is 2.29. The van der Waals surface area contributed by atoms with Gasteiger partial charge in [0.25, 0.3) is 0 Å². The van der Waals surface area contributed by atoms with Crippen LogP contribution in [0.3, 0.4) is 0 Å². The summed E-state index contributed by atoms with van der Waals surface area (Å²) in [5.41, 5.74) is 0. The number of Topliss-reactive ketones (excluding diaryl/α,β-unsaturated/α-hetero) is 1. The molecule has 0 spiro atoms. The van der Waals surface area contributed by atoms with Crippen LogP contribution in [-0.2, 0) is 0 Å². The van der Waals surface area contributed by atoms with Gasteiger partial charge in [-0.2, -0.15) is 0 Å². The number of nitrogens with zero attached hydrogens (tertiary/aromatic N) is 2. The summed E-state index contributed by atoms with van der Waals surface area (Å²) in [5.74, 6) is 0.0501. The number of β-amino-alcohol motifs (C(OH)–C–C–N with tert-alkyl or cyclic N) is 1. The zero-order valence-corrected chi connectivity index (χ0v) is 8.54. The van der Waals surface area contributed by atoms with Crippen LogP contribution >= 0.6 is 11.3 Å². The lowest BCUT2D eigenvalue weighted by atomic mass is 10.3. The van der Waals surface area contributed by atoms with Crippen molar-refractivity contribution >= 4 is 17.1 Å². The van der Waals surface area contributed by atoms with Crippen LogP contribution in [0, 0.1) is 0 Å². The van der Waals surface area contributed by atoms with Gasteiger partial charge < -0.3 is 5.11 Å². The maximum absolute atomic E-state index is 11.6. The van der Waals surface area contributed by atoms with Gasteiger partial charge in [-0.15, -0.1) is 11.3 Å². The van der Waals surface area contributed by atoms with E-state index in [9.17, 15) is 9.90 Å². The van der Waals surface area contributed by atoms with Gasteiger partial charge in [-0.05, 0) is 6.42 Å². The predicted octanol–water partition coefficient (Wildman–Crippen LogP) is 0.392. The van der Waals surface area contributed by atoms with Gasteiger partial charge in [0.2, 0.25) is 5.78 Å². The van der Waals surface area contributed by atoms with E-state index in [2.05, 4.69) is 4.98 Å². The van der Waals surface area contributed by atoms with Gasteiger partial charge in [-0.3, -0.25) is 9.69 Å². The van der Waals surface area contributed by atoms with Crippen molar-refractivity contribution in [3.8, 4) is 0 Å². The highest BCUT2D eigenvalue weighted by atomic mass is 32.1. The molecule has 76 valence electrons. The maximum Gasteiger partial charge on any atom is 0.205 e. The predicted molar refractivity (Wildman–Crippen MR) is 53.5 cm³/mol. The number of carbonyl (C=O) groups is 1. The zero-order valence-electron chi connectivity index (χ0n) is 7.72. The van der Waals surface area contributed by atoms with Crippen molar-refractivity contribution in [2.75, 3.05) is 19.6 Å². The van der Waals surface area contributed by atoms with Crippen LogP contribution in [0.4, 0.5) is 0 Å². The van der Waals surface area contributed by atoms with Crippen molar-refractivity contribution in [3.05, 3.63) is 16.6 Å². The van der Waals surface area contributed by atoms with Crippen LogP contribution in [0.25, 0.3) is 0 Å². The first kappa shape index (κ1) is 9.76. The number of hydrogen-bond acceptors (Lipinski definition) is 5. The minimum absolute atomic E-state index is 0.0501. The molecule has 1 aliphatic rings. The second kappa shape index (κ2) is 4.16. The lowest BCUT2D eigenvalue weighted by molar-refractivity contribution is 0.0934. The van der Waals surface area contributed by atoms with E-state index in [4.69, 9.17) is 0 Å². The SMILES string of the molecule is O=C(CN1CC[C@H](O)C1)c1nccs1. The molecule has 0 aromatic carbocycles. The molecule has 0 unspecified atom stereocenters. The van der Waals surface area contributed by atoms with E-state index in [-0.39, 0.29) is 11.9 Å². The largest absolute Gasteiger partial charge is 0.392 e. The lowest BCUT2D eigenvalue weighted by Gasteiger charge is -2.12. The molecule has 1 aromatic rings. The smallest absolute Gasteiger partial charge is 0.205 e.